The Hall–Kier alpha value is -1.23. The van der Waals surface area contributed by atoms with Crippen LogP contribution < -0.4 is 10.5 Å². The fourth-order valence-corrected chi connectivity index (χ4v) is 3.84. The van der Waals surface area contributed by atoms with Crippen LogP contribution in [0.2, 0.25) is 0 Å². The third kappa shape index (κ3) is 2.96. The van der Waals surface area contributed by atoms with Crippen LogP contribution in [0.25, 0.3) is 0 Å². The summed E-state index contributed by atoms with van der Waals surface area (Å²) in [6, 6.07) is 4.79. The first-order valence-electron chi connectivity index (χ1n) is 6.23. The molecule has 1 aromatic carbocycles. The molecule has 0 aliphatic carbocycles. The SMILES string of the molecule is CCOc1ccc(N)c(S(=O)(=O)C(CC)CC)c1. The summed E-state index contributed by atoms with van der Waals surface area (Å²) < 4.78 is 30.2. The molecule has 0 aromatic heterocycles. The summed E-state index contributed by atoms with van der Waals surface area (Å²) in [5.74, 6) is 0.538. The number of hydrogen-bond acceptors (Lipinski definition) is 4. The molecule has 0 saturated heterocycles. The van der Waals surface area contributed by atoms with Crippen LogP contribution >= 0.6 is 0 Å². The topological polar surface area (TPSA) is 69.4 Å². The smallest absolute Gasteiger partial charge is 0.183 e. The molecule has 0 aliphatic heterocycles. The Bertz CT molecular complexity index is 493. The van der Waals surface area contributed by atoms with E-state index in [4.69, 9.17) is 10.5 Å². The minimum absolute atomic E-state index is 0.183. The molecule has 0 amide bonds. The lowest BCUT2D eigenvalue weighted by Gasteiger charge is -2.16. The average molecular weight is 271 g/mol. The molecule has 102 valence electrons. The second kappa shape index (κ2) is 6.09. The first-order valence-corrected chi connectivity index (χ1v) is 7.78. The van der Waals surface area contributed by atoms with E-state index >= 15 is 0 Å². The van der Waals surface area contributed by atoms with Crippen molar-refractivity contribution in [1.82, 2.24) is 0 Å². The van der Waals surface area contributed by atoms with Crippen molar-refractivity contribution >= 4 is 15.5 Å². The number of nitrogen functional groups attached to an aromatic ring is 1. The van der Waals surface area contributed by atoms with E-state index in [1.54, 1.807) is 12.1 Å². The van der Waals surface area contributed by atoms with Crippen LogP contribution in [0.1, 0.15) is 33.6 Å². The molecule has 1 aromatic rings. The van der Waals surface area contributed by atoms with Gasteiger partial charge in [0.25, 0.3) is 0 Å². The minimum atomic E-state index is -3.38. The van der Waals surface area contributed by atoms with Gasteiger partial charge < -0.3 is 10.5 Å². The van der Waals surface area contributed by atoms with Gasteiger partial charge in [0.15, 0.2) is 9.84 Å². The van der Waals surface area contributed by atoms with E-state index in [0.717, 1.165) is 0 Å². The molecule has 0 atom stereocenters. The Labute approximate surface area is 109 Å². The van der Waals surface area contributed by atoms with Gasteiger partial charge in [-0.15, -0.1) is 0 Å². The van der Waals surface area contributed by atoms with Crippen LogP contribution in [0.15, 0.2) is 23.1 Å². The second-order valence-electron chi connectivity index (χ2n) is 4.12. The fourth-order valence-electron chi connectivity index (χ4n) is 1.92. The van der Waals surface area contributed by atoms with Crippen molar-refractivity contribution in [2.75, 3.05) is 12.3 Å². The van der Waals surface area contributed by atoms with Crippen LogP contribution in [-0.2, 0) is 9.84 Å². The normalized spacial score (nSPS) is 11.8. The van der Waals surface area contributed by atoms with Gasteiger partial charge >= 0.3 is 0 Å². The van der Waals surface area contributed by atoms with E-state index in [1.807, 2.05) is 20.8 Å². The van der Waals surface area contributed by atoms with Crippen LogP contribution in [0.5, 0.6) is 5.75 Å². The Morgan fingerprint density at radius 1 is 1.22 bits per heavy atom. The van der Waals surface area contributed by atoms with E-state index in [-0.39, 0.29) is 10.6 Å². The van der Waals surface area contributed by atoms with E-state index < -0.39 is 15.1 Å². The summed E-state index contributed by atoms with van der Waals surface area (Å²) in [5, 5.41) is -0.392. The van der Waals surface area contributed by atoms with Crippen molar-refractivity contribution < 1.29 is 13.2 Å². The summed E-state index contributed by atoms with van der Waals surface area (Å²) >= 11 is 0. The van der Waals surface area contributed by atoms with Crippen molar-refractivity contribution in [2.45, 2.75) is 43.8 Å². The van der Waals surface area contributed by atoms with Crippen molar-refractivity contribution in [3.05, 3.63) is 18.2 Å². The first kappa shape index (κ1) is 14.8. The zero-order valence-electron chi connectivity index (χ0n) is 11.1. The molecule has 5 heteroatoms. The zero-order valence-corrected chi connectivity index (χ0v) is 12.0. The maximum atomic E-state index is 12.4. The van der Waals surface area contributed by atoms with Crippen LogP contribution in [0, 0.1) is 0 Å². The number of nitrogens with two attached hydrogens (primary N) is 1. The third-order valence-corrected chi connectivity index (χ3v) is 5.46. The number of sulfone groups is 1. The molecule has 0 heterocycles. The van der Waals surface area contributed by atoms with E-state index in [0.29, 0.717) is 25.2 Å². The molecule has 18 heavy (non-hydrogen) atoms. The molecule has 0 spiro atoms. The van der Waals surface area contributed by atoms with Crippen LogP contribution in [0.4, 0.5) is 5.69 Å². The van der Waals surface area contributed by atoms with Gasteiger partial charge in [-0.2, -0.15) is 0 Å². The van der Waals surface area contributed by atoms with Crippen LogP contribution in [0.3, 0.4) is 0 Å². The highest BCUT2D eigenvalue weighted by molar-refractivity contribution is 7.92. The van der Waals surface area contributed by atoms with Crippen molar-refractivity contribution in [3.8, 4) is 5.75 Å². The quantitative estimate of drug-likeness (QED) is 0.807. The fraction of sp³-hybridized carbons (Fsp3) is 0.538. The molecule has 0 fully saturated rings. The predicted molar refractivity (Wildman–Crippen MR) is 73.6 cm³/mol. The average Bonchev–Trinajstić information content (AvgIpc) is 2.33. The molecule has 0 aliphatic rings. The van der Waals surface area contributed by atoms with Gasteiger partial charge in [-0.3, -0.25) is 0 Å². The lowest BCUT2D eigenvalue weighted by Crippen LogP contribution is -2.21. The number of hydrogen-bond donors (Lipinski definition) is 1. The molecule has 2 N–H and O–H groups in total. The van der Waals surface area contributed by atoms with Gasteiger partial charge in [-0.25, -0.2) is 8.42 Å². The number of ether oxygens (including phenoxy) is 1. The van der Waals surface area contributed by atoms with Gasteiger partial charge in [0.1, 0.15) is 5.75 Å². The van der Waals surface area contributed by atoms with E-state index in [1.165, 1.54) is 6.07 Å². The molecule has 1 rings (SSSR count). The van der Waals surface area contributed by atoms with E-state index in [2.05, 4.69) is 0 Å². The molecular weight excluding hydrogens is 250 g/mol. The van der Waals surface area contributed by atoms with Crippen molar-refractivity contribution in [3.63, 3.8) is 0 Å². The zero-order chi connectivity index (χ0) is 13.8. The highest BCUT2D eigenvalue weighted by atomic mass is 32.2. The predicted octanol–water partition coefficient (Wildman–Crippen LogP) is 2.63. The third-order valence-electron chi connectivity index (χ3n) is 2.95. The number of anilines is 1. The maximum absolute atomic E-state index is 12.4. The Morgan fingerprint density at radius 3 is 2.33 bits per heavy atom. The lowest BCUT2D eigenvalue weighted by atomic mass is 10.3. The van der Waals surface area contributed by atoms with Crippen molar-refractivity contribution in [1.29, 1.82) is 0 Å². The first-order chi connectivity index (χ1) is 8.47. The lowest BCUT2D eigenvalue weighted by molar-refractivity contribution is 0.339. The van der Waals surface area contributed by atoms with E-state index in [9.17, 15) is 8.42 Å². The molecule has 0 bridgehead atoms. The van der Waals surface area contributed by atoms with Crippen molar-refractivity contribution in [2.24, 2.45) is 0 Å². The summed E-state index contributed by atoms with van der Waals surface area (Å²) in [7, 11) is -3.38. The van der Waals surface area contributed by atoms with Crippen LogP contribution in [-0.4, -0.2) is 20.3 Å². The molecule has 0 radical (unpaired) electrons. The van der Waals surface area contributed by atoms with Gasteiger partial charge in [0.05, 0.1) is 22.4 Å². The number of rotatable bonds is 6. The summed E-state index contributed by atoms with van der Waals surface area (Å²) in [4.78, 5) is 0.183. The largest absolute Gasteiger partial charge is 0.494 e. The molecular formula is C13H21NO3S. The Morgan fingerprint density at radius 2 is 1.83 bits per heavy atom. The maximum Gasteiger partial charge on any atom is 0.183 e. The Balaban J connectivity index is 3.26. The standard InChI is InChI=1S/C13H21NO3S/c1-4-11(5-2)18(15,16)13-9-10(17-6-3)7-8-12(13)14/h7-9,11H,4-6,14H2,1-3H3. The number of benzene rings is 1. The Kier molecular flexibility index (Phi) is 5.02. The van der Waals surface area contributed by atoms with Gasteiger partial charge in [0.2, 0.25) is 0 Å². The highest BCUT2D eigenvalue weighted by Crippen LogP contribution is 2.29. The minimum Gasteiger partial charge on any atom is -0.494 e. The van der Waals surface area contributed by atoms with Gasteiger partial charge in [0, 0.05) is 6.07 Å². The van der Waals surface area contributed by atoms with Gasteiger partial charge in [-0.1, -0.05) is 13.8 Å². The van der Waals surface area contributed by atoms with Gasteiger partial charge in [-0.05, 0) is 31.9 Å². The second-order valence-corrected chi connectivity index (χ2v) is 6.31. The molecule has 0 saturated carbocycles. The highest BCUT2D eigenvalue weighted by Gasteiger charge is 2.26. The molecule has 4 nitrogen and oxygen atoms in total. The summed E-state index contributed by atoms with van der Waals surface area (Å²) in [5.41, 5.74) is 6.07. The molecule has 0 unspecified atom stereocenters. The monoisotopic (exact) mass is 271 g/mol. The summed E-state index contributed by atoms with van der Waals surface area (Å²) in [6.07, 6.45) is 1.16. The summed E-state index contributed by atoms with van der Waals surface area (Å²) in [6.45, 7) is 6.09.